The molecule has 0 spiro atoms. The van der Waals surface area contributed by atoms with E-state index < -0.39 is 0 Å². The van der Waals surface area contributed by atoms with Crippen LogP contribution in [0.1, 0.15) is 18.1 Å². The molecule has 0 radical (unpaired) electrons. The third-order valence-electron chi connectivity index (χ3n) is 1.91. The van der Waals surface area contributed by atoms with E-state index in [0.29, 0.717) is 5.71 Å². The van der Waals surface area contributed by atoms with Crippen LogP contribution >= 0.6 is 0 Å². The Morgan fingerprint density at radius 3 is 2.46 bits per heavy atom. The maximum atomic E-state index is 7.60. The highest BCUT2D eigenvalue weighted by Crippen LogP contribution is 2.10. The molecule has 1 rings (SSSR count). The van der Waals surface area contributed by atoms with Gasteiger partial charge in [-0.3, -0.25) is 0 Å². The summed E-state index contributed by atoms with van der Waals surface area (Å²) in [6.07, 6.45) is 0. The Kier molecular flexibility index (Phi) is 3.20. The molecule has 0 unspecified atom stereocenters. The minimum Gasteiger partial charge on any atom is -0.305 e. The van der Waals surface area contributed by atoms with Gasteiger partial charge < -0.3 is 10.3 Å². The molecule has 2 heteroatoms. The van der Waals surface area contributed by atoms with Crippen LogP contribution < -0.4 is 0 Å². The normalized spacial score (nSPS) is 10.5. The van der Waals surface area contributed by atoms with Gasteiger partial charge in [0.1, 0.15) is 0 Å². The van der Waals surface area contributed by atoms with Crippen molar-refractivity contribution < 1.29 is 0 Å². The van der Waals surface area contributed by atoms with Crippen molar-refractivity contribution in [2.45, 2.75) is 13.5 Å². The van der Waals surface area contributed by atoms with Crippen LogP contribution in [0.4, 0.5) is 0 Å². The van der Waals surface area contributed by atoms with Crippen LogP contribution in [0.15, 0.2) is 24.3 Å². The lowest BCUT2D eigenvalue weighted by atomic mass is 10.0. The average Bonchev–Trinajstić information content (AvgIpc) is 2.03. The van der Waals surface area contributed by atoms with E-state index in [2.05, 4.69) is 11.0 Å². The lowest BCUT2D eigenvalue weighted by Crippen LogP contribution is -2.13. The molecular weight excluding hydrogens is 160 g/mol. The molecule has 1 aromatic carbocycles. The van der Waals surface area contributed by atoms with Gasteiger partial charge in [0.2, 0.25) is 0 Å². The van der Waals surface area contributed by atoms with Crippen LogP contribution in [-0.2, 0) is 6.54 Å². The summed E-state index contributed by atoms with van der Waals surface area (Å²) in [5.74, 6) is 0. The van der Waals surface area contributed by atoms with Crippen LogP contribution in [0.3, 0.4) is 0 Å². The molecule has 0 aromatic heterocycles. The van der Waals surface area contributed by atoms with Crippen LogP contribution in [-0.4, -0.2) is 24.7 Å². The Labute approximate surface area is 79.7 Å². The van der Waals surface area contributed by atoms with Crippen molar-refractivity contribution in [3.05, 3.63) is 35.4 Å². The first kappa shape index (κ1) is 9.93. The second-order valence-corrected chi connectivity index (χ2v) is 3.52. The van der Waals surface area contributed by atoms with Crippen molar-refractivity contribution in [3.63, 3.8) is 0 Å². The van der Waals surface area contributed by atoms with Crippen LogP contribution in [0.2, 0.25) is 0 Å². The molecule has 0 aliphatic heterocycles. The van der Waals surface area contributed by atoms with Crippen LogP contribution in [0.25, 0.3) is 0 Å². The molecule has 0 aliphatic carbocycles. The SMILES string of the molecule is CC(=N)c1ccccc1CN(C)C. The van der Waals surface area contributed by atoms with Gasteiger partial charge in [-0.25, -0.2) is 0 Å². The summed E-state index contributed by atoms with van der Waals surface area (Å²) >= 11 is 0. The van der Waals surface area contributed by atoms with Crippen LogP contribution in [0.5, 0.6) is 0 Å². The van der Waals surface area contributed by atoms with Crippen molar-refractivity contribution in [2.24, 2.45) is 0 Å². The van der Waals surface area contributed by atoms with Gasteiger partial charge in [0.05, 0.1) is 0 Å². The molecule has 2 nitrogen and oxygen atoms in total. The van der Waals surface area contributed by atoms with Gasteiger partial charge in [-0.2, -0.15) is 0 Å². The van der Waals surface area contributed by atoms with Crippen molar-refractivity contribution in [1.82, 2.24) is 4.90 Å². The van der Waals surface area contributed by atoms with Gasteiger partial charge in [0.15, 0.2) is 0 Å². The quantitative estimate of drug-likeness (QED) is 0.702. The average molecular weight is 176 g/mol. The Balaban J connectivity index is 2.98. The minimum absolute atomic E-state index is 0.637. The zero-order chi connectivity index (χ0) is 9.84. The Morgan fingerprint density at radius 2 is 1.92 bits per heavy atom. The van der Waals surface area contributed by atoms with Gasteiger partial charge in [-0.05, 0) is 32.1 Å². The fraction of sp³-hybridized carbons (Fsp3) is 0.364. The van der Waals surface area contributed by atoms with Crippen molar-refractivity contribution in [1.29, 1.82) is 5.41 Å². The van der Waals surface area contributed by atoms with Gasteiger partial charge in [0, 0.05) is 12.3 Å². The maximum Gasteiger partial charge on any atom is 0.0358 e. The molecule has 70 valence electrons. The summed E-state index contributed by atoms with van der Waals surface area (Å²) in [5, 5.41) is 7.60. The molecule has 1 N–H and O–H groups in total. The Morgan fingerprint density at radius 1 is 1.31 bits per heavy atom. The van der Waals surface area contributed by atoms with E-state index in [4.69, 9.17) is 5.41 Å². The summed E-state index contributed by atoms with van der Waals surface area (Å²) in [4.78, 5) is 2.11. The number of benzene rings is 1. The van der Waals surface area contributed by atoms with E-state index in [1.165, 1.54) is 5.56 Å². The summed E-state index contributed by atoms with van der Waals surface area (Å²) in [7, 11) is 4.08. The number of rotatable bonds is 3. The van der Waals surface area contributed by atoms with Gasteiger partial charge in [-0.1, -0.05) is 24.3 Å². The maximum absolute atomic E-state index is 7.60. The molecule has 13 heavy (non-hydrogen) atoms. The van der Waals surface area contributed by atoms with Crippen molar-refractivity contribution >= 4 is 5.71 Å². The summed E-state index contributed by atoms with van der Waals surface area (Å²) in [5.41, 5.74) is 2.91. The van der Waals surface area contributed by atoms with Crippen LogP contribution in [0, 0.1) is 5.41 Å². The first-order valence-electron chi connectivity index (χ1n) is 4.39. The highest BCUT2D eigenvalue weighted by molar-refractivity contribution is 5.97. The highest BCUT2D eigenvalue weighted by Gasteiger charge is 2.03. The predicted molar refractivity (Wildman–Crippen MR) is 56.3 cm³/mol. The molecule has 0 bridgehead atoms. The molecule has 0 amide bonds. The van der Waals surface area contributed by atoms with E-state index in [9.17, 15) is 0 Å². The molecule has 0 fully saturated rings. The first-order valence-corrected chi connectivity index (χ1v) is 4.39. The monoisotopic (exact) mass is 176 g/mol. The molecule has 0 saturated carbocycles. The second-order valence-electron chi connectivity index (χ2n) is 3.52. The topological polar surface area (TPSA) is 27.1 Å². The van der Waals surface area contributed by atoms with Gasteiger partial charge in [0.25, 0.3) is 0 Å². The lowest BCUT2D eigenvalue weighted by molar-refractivity contribution is 0.402. The first-order chi connectivity index (χ1) is 6.11. The van der Waals surface area contributed by atoms with E-state index in [-0.39, 0.29) is 0 Å². The third kappa shape index (κ3) is 2.67. The smallest absolute Gasteiger partial charge is 0.0358 e. The van der Waals surface area contributed by atoms with Gasteiger partial charge in [-0.15, -0.1) is 0 Å². The molecular formula is C11H16N2. The summed E-state index contributed by atoms with van der Waals surface area (Å²) in [6.45, 7) is 2.72. The molecule has 1 aromatic rings. The molecule has 0 atom stereocenters. The molecule has 0 heterocycles. The Bertz CT molecular complexity index is 303. The summed E-state index contributed by atoms with van der Waals surface area (Å²) in [6, 6.07) is 8.08. The lowest BCUT2D eigenvalue weighted by Gasteiger charge is -2.13. The van der Waals surface area contributed by atoms with Crippen molar-refractivity contribution in [2.75, 3.05) is 14.1 Å². The molecule has 0 aliphatic rings. The predicted octanol–water partition coefficient (Wildman–Crippen LogP) is 2.14. The zero-order valence-electron chi connectivity index (χ0n) is 8.46. The number of nitrogens with zero attached hydrogens (tertiary/aromatic N) is 1. The minimum atomic E-state index is 0.637. The van der Waals surface area contributed by atoms with E-state index in [0.717, 1.165) is 12.1 Å². The number of nitrogens with one attached hydrogen (secondary N) is 1. The highest BCUT2D eigenvalue weighted by atomic mass is 15.0. The van der Waals surface area contributed by atoms with Gasteiger partial charge >= 0.3 is 0 Å². The summed E-state index contributed by atoms with van der Waals surface area (Å²) < 4.78 is 0. The van der Waals surface area contributed by atoms with E-state index in [1.807, 2.05) is 39.2 Å². The van der Waals surface area contributed by atoms with E-state index in [1.54, 1.807) is 0 Å². The van der Waals surface area contributed by atoms with Crippen molar-refractivity contribution in [3.8, 4) is 0 Å². The number of hydrogen-bond acceptors (Lipinski definition) is 2. The second kappa shape index (κ2) is 4.19. The fourth-order valence-electron chi connectivity index (χ4n) is 1.36. The number of hydrogen-bond donors (Lipinski definition) is 1. The largest absolute Gasteiger partial charge is 0.305 e. The molecule has 0 saturated heterocycles. The van der Waals surface area contributed by atoms with E-state index >= 15 is 0 Å². The third-order valence-corrected chi connectivity index (χ3v) is 1.91. The zero-order valence-corrected chi connectivity index (χ0v) is 8.46. The Hall–Kier alpha value is -1.15. The standard InChI is InChI=1S/C11H16N2/c1-9(12)11-7-5-4-6-10(11)8-13(2)3/h4-7,12H,8H2,1-3H3. The fourth-order valence-corrected chi connectivity index (χ4v) is 1.36.